The van der Waals surface area contributed by atoms with Crippen LogP contribution in [0.15, 0.2) is 24.3 Å². The first-order chi connectivity index (χ1) is 14.2. The van der Waals surface area contributed by atoms with Crippen LogP contribution in [0.3, 0.4) is 0 Å². The monoisotopic (exact) mass is 416 g/mol. The highest BCUT2D eigenvalue weighted by Crippen LogP contribution is 2.23. The van der Waals surface area contributed by atoms with Crippen molar-refractivity contribution in [1.82, 2.24) is 15.1 Å². The van der Waals surface area contributed by atoms with Gasteiger partial charge in [-0.1, -0.05) is 18.2 Å². The lowest BCUT2D eigenvalue weighted by molar-refractivity contribution is -0.126. The maximum atomic E-state index is 12.7. The summed E-state index contributed by atoms with van der Waals surface area (Å²) in [6.45, 7) is 11.4. The van der Waals surface area contributed by atoms with Crippen molar-refractivity contribution in [1.29, 1.82) is 0 Å². The van der Waals surface area contributed by atoms with E-state index in [2.05, 4.69) is 40.4 Å². The van der Waals surface area contributed by atoms with E-state index in [0.717, 1.165) is 31.7 Å². The van der Waals surface area contributed by atoms with Gasteiger partial charge < -0.3 is 24.8 Å². The molecule has 0 spiro atoms. The highest BCUT2D eigenvalue weighted by molar-refractivity contribution is 5.79. The number of likely N-dealkylation sites (tertiary alicyclic amines) is 1. The Bertz CT molecular complexity index is 730. The zero-order valence-electron chi connectivity index (χ0n) is 18.8. The van der Waals surface area contributed by atoms with Crippen molar-refractivity contribution in [3.8, 4) is 0 Å². The van der Waals surface area contributed by atoms with E-state index in [4.69, 9.17) is 4.74 Å². The maximum Gasteiger partial charge on any atom is 0.410 e. The normalized spacial score (nSPS) is 18.9. The third-order valence-electron chi connectivity index (χ3n) is 5.81. The molecule has 0 saturated carbocycles. The first-order valence-corrected chi connectivity index (χ1v) is 11.0. The number of carbonyl (C=O) groups is 2. The number of para-hydroxylation sites is 1. The van der Waals surface area contributed by atoms with Gasteiger partial charge in [0.15, 0.2) is 0 Å². The molecular formula is C23H36N4O3. The van der Waals surface area contributed by atoms with E-state index in [9.17, 15) is 9.59 Å². The molecule has 2 amide bonds. The quantitative estimate of drug-likeness (QED) is 0.818. The Kier molecular flexibility index (Phi) is 7.23. The van der Waals surface area contributed by atoms with Crippen molar-refractivity contribution in [3.63, 3.8) is 0 Å². The number of ether oxygens (including phenoxy) is 1. The standard InChI is InChI=1S/C23H36N4O3/c1-23(2,3)30-22(29)27-11-9-18(10-12-27)21(28)24-17-19-7-5-6-8-20(19)26-15-13-25(4)14-16-26/h5-8,18H,9-17H2,1-4H3,(H,24,28). The van der Waals surface area contributed by atoms with Crippen LogP contribution < -0.4 is 10.2 Å². The molecule has 2 heterocycles. The SMILES string of the molecule is CN1CCN(c2ccccc2CNC(=O)C2CCN(C(=O)OC(C)(C)C)CC2)CC1. The summed E-state index contributed by atoms with van der Waals surface area (Å²) in [4.78, 5) is 31.4. The Morgan fingerprint density at radius 1 is 1.03 bits per heavy atom. The fraction of sp³-hybridized carbons (Fsp3) is 0.652. The van der Waals surface area contributed by atoms with Crippen LogP contribution in [0.5, 0.6) is 0 Å². The predicted molar refractivity (Wildman–Crippen MR) is 119 cm³/mol. The fourth-order valence-electron chi connectivity index (χ4n) is 3.99. The highest BCUT2D eigenvalue weighted by Gasteiger charge is 2.30. The van der Waals surface area contributed by atoms with Gasteiger partial charge in [-0.2, -0.15) is 0 Å². The van der Waals surface area contributed by atoms with E-state index in [0.29, 0.717) is 32.5 Å². The summed E-state index contributed by atoms with van der Waals surface area (Å²) in [5.74, 6) is 0.0199. The van der Waals surface area contributed by atoms with Crippen LogP contribution in [0.25, 0.3) is 0 Å². The van der Waals surface area contributed by atoms with Gasteiger partial charge >= 0.3 is 6.09 Å². The van der Waals surface area contributed by atoms with Crippen molar-refractivity contribution < 1.29 is 14.3 Å². The summed E-state index contributed by atoms with van der Waals surface area (Å²) < 4.78 is 5.43. The number of nitrogens with one attached hydrogen (secondary N) is 1. The second kappa shape index (κ2) is 9.69. The Morgan fingerprint density at radius 3 is 2.30 bits per heavy atom. The van der Waals surface area contributed by atoms with Crippen molar-refractivity contribution in [2.75, 3.05) is 51.2 Å². The average Bonchev–Trinajstić information content (AvgIpc) is 2.72. The minimum absolute atomic E-state index is 0.0560. The van der Waals surface area contributed by atoms with Gasteiger partial charge in [0.1, 0.15) is 5.60 Å². The molecule has 7 heteroatoms. The maximum absolute atomic E-state index is 12.7. The lowest BCUT2D eigenvalue weighted by Crippen LogP contribution is -2.45. The molecule has 7 nitrogen and oxygen atoms in total. The third kappa shape index (κ3) is 6.11. The summed E-state index contributed by atoms with van der Waals surface area (Å²) in [7, 11) is 2.15. The Balaban J connectivity index is 1.49. The van der Waals surface area contributed by atoms with E-state index in [-0.39, 0.29) is 17.9 Å². The van der Waals surface area contributed by atoms with Gasteiger partial charge in [0.2, 0.25) is 5.91 Å². The van der Waals surface area contributed by atoms with Gasteiger partial charge in [-0.3, -0.25) is 4.79 Å². The molecule has 0 aromatic heterocycles. The van der Waals surface area contributed by atoms with Gasteiger partial charge in [-0.05, 0) is 52.3 Å². The van der Waals surface area contributed by atoms with Gasteiger partial charge in [0.25, 0.3) is 0 Å². The lowest BCUT2D eigenvalue weighted by atomic mass is 9.96. The largest absolute Gasteiger partial charge is 0.444 e. The number of carbonyl (C=O) groups excluding carboxylic acids is 2. The zero-order chi connectivity index (χ0) is 21.7. The molecule has 0 radical (unpaired) electrons. The smallest absolute Gasteiger partial charge is 0.410 e. The second-order valence-electron chi connectivity index (χ2n) is 9.38. The molecule has 2 aliphatic heterocycles. The van der Waals surface area contributed by atoms with Crippen molar-refractivity contribution >= 4 is 17.7 Å². The zero-order valence-corrected chi connectivity index (χ0v) is 18.8. The van der Waals surface area contributed by atoms with Gasteiger partial charge in [0, 0.05) is 57.4 Å². The van der Waals surface area contributed by atoms with Gasteiger partial charge in [-0.25, -0.2) is 4.79 Å². The summed E-state index contributed by atoms with van der Waals surface area (Å²) in [5.41, 5.74) is 1.87. The summed E-state index contributed by atoms with van der Waals surface area (Å²) in [6, 6.07) is 8.33. The number of piperazine rings is 1. The van der Waals surface area contributed by atoms with Crippen LogP contribution in [0.2, 0.25) is 0 Å². The van der Waals surface area contributed by atoms with Crippen molar-refractivity contribution in [2.45, 2.75) is 45.8 Å². The number of hydrogen-bond donors (Lipinski definition) is 1. The van der Waals surface area contributed by atoms with Crippen LogP contribution in [-0.4, -0.2) is 73.7 Å². The minimum Gasteiger partial charge on any atom is -0.444 e. The topological polar surface area (TPSA) is 65.1 Å². The van der Waals surface area contributed by atoms with Gasteiger partial charge in [0.05, 0.1) is 0 Å². The predicted octanol–water partition coefficient (Wildman–Crippen LogP) is 2.70. The molecule has 0 aliphatic carbocycles. The Morgan fingerprint density at radius 2 is 1.67 bits per heavy atom. The first-order valence-electron chi connectivity index (χ1n) is 11.0. The molecule has 166 valence electrons. The molecule has 30 heavy (non-hydrogen) atoms. The van der Waals surface area contributed by atoms with E-state index < -0.39 is 5.60 Å². The summed E-state index contributed by atoms with van der Waals surface area (Å²) >= 11 is 0. The van der Waals surface area contributed by atoms with Crippen LogP contribution >= 0.6 is 0 Å². The molecule has 2 fully saturated rings. The lowest BCUT2D eigenvalue weighted by Gasteiger charge is -2.35. The number of likely N-dealkylation sites (N-methyl/N-ethyl adjacent to an activating group) is 1. The Labute approximate surface area is 180 Å². The molecule has 0 unspecified atom stereocenters. The number of nitrogens with zero attached hydrogens (tertiary/aromatic N) is 3. The highest BCUT2D eigenvalue weighted by atomic mass is 16.6. The molecule has 2 aliphatic rings. The summed E-state index contributed by atoms with van der Waals surface area (Å²) in [5, 5.41) is 3.13. The minimum atomic E-state index is -0.498. The van der Waals surface area contributed by atoms with Crippen LogP contribution in [0.4, 0.5) is 10.5 Å². The van der Waals surface area contributed by atoms with Crippen LogP contribution in [0, 0.1) is 5.92 Å². The first kappa shape index (κ1) is 22.4. The van der Waals surface area contributed by atoms with E-state index in [1.165, 1.54) is 5.69 Å². The van der Waals surface area contributed by atoms with Crippen molar-refractivity contribution in [3.05, 3.63) is 29.8 Å². The molecule has 0 atom stereocenters. The molecule has 1 aromatic rings. The Hall–Kier alpha value is -2.28. The van der Waals surface area contributed by atoms with E-state index >= 15 is 0 Å². The molecule has 1 aromatic carbocycles. The number of benzene rings is 1. The molecule has 1 N–H and O–H groups in total. The second-order valence-corrected chi connectivity index (χ2v) is 9.38. The molecular weight excluding hydrogens is 380 g/mol. The van der Waals surface area contributed by atoms with E-state index in [1.54, 1.807) is 4.90 Å². The van der Waals surface area contributed by atoms with E-state index in [1.807, 2.05) is 26.8 Å². The third-order valence-corrected chi connectivity index (χ3v) is 5.81. The van der Waals surface area contributed by atoms with Gasteiger partial charge in [-0.15, -0.1) is 0 Å². The number of rotatable bonds is 4. The fourth-order valence-corrected chi connectivity index (χ4v) is 3.99. The number of piperidine rings is 1. The molecule has 0 bridgehead atoms. The number of hydrogen-bond acceptors (Lipinski definition) is 5. The number of amides is 2. The molecule has 3 rings (SSSR count). The summed E-state index contributed by atoms with van der Waals surface area (Å²) in [6.07, 6.45) is 1.05. The number of anilines is 1. The average molecular weight is 417 g/mol. The van der Waals surface area contributed by atoms with Crippen LogP contribution in [0.1, 0.15) is 39.2 Å². The molecule has 2 saturated heterocycles. The van der Waals surface area contributed by atoms with Crippen LogP contribution in [-0.2, 0) is 16.1 Å². The van der Waals surface area contributed by atoms with Crippen molar-refractivity contribution in [2.24, 2.45) is 5.92 Å².